The van der Waals surface area contributed by atoms with Gasteiger partial charge < -0.3 is 11.1 Å². The lowest BCUT2D eigenvalue weighted by atomic mass is 9.98. The van der Waals surface area contributed by atoms with E-state index in [1.54, 1.807) is 12.3 Å². The van der Waals surface area contributed by atoms with Gasteiger partial charge in [0, 0.05) is 12.2 Å². The molecule has 0 aromatic carbocycles. The van der Waals surface area contributed by atoms with Gasteiger partial charge in [0.1, 0.15) is 10.7 Å². The lowest BCUT2D eigenvalue weighted by Crippen LogP contribution is -2.25. The van der Waals surface area contributed by atoms with Gasteiger partial charge in [-0.1, -0.05) is 26.1 Å². The van der Waals surface area contributed by atoms with Gasteiger partial charge in [-0.25, -0.2) is 9.97 Å². The minimum atomic E-state index is 0.309. The van der Waals surface area contributed by atoms with Gasteiger partial charge >= 0.3 is 0 Å². The smallest absolute Gasteiger partial charge is 0.223 e. The zero-order valence-corrected chi connectivity index (χ0v) is 11.0. The van der Waals surface area contributed by atoms with Crippen molar-refractivity contribution < 1.29 is 0 Å². The molecule has 0 bridgehead atoms. The van der Waals surface area contributed by atoms with E-state index >= 15 is 0 Å². The van der Waals surface area contributed by atoms with Crippen LogP contribution in [0.1, 0.15) is 32.4 Å². The molecular formula is C12H18N4S. The molecule has 1 aliphatic rings. The van der Waals surface area contributed by atoms with Crippen molar-refractivity contribution in [3.63, 3.8) is 0 Å². The zero-order valence-electron chi connectivity index (χ0n) is 10.2. The van der Waals surface area contributed by atoms with Crippen LogP contribution in [0.3, 0.4) is 0 Å². The second-order valence-corrected chi connectivity index (χ2v) is 5.23. The third-order valence-corrected chi connectivity index (χ3v) is 3.90. The van der Waals surface area contributed by atoms with Crippen molar-refractivity contribution in [3.8, 4) is 0 Å². The monoisotopic (exact) mass is 250 g/mol. The Hall–Kier alpha value is -1.23. The predicted molar refractivity (Wildman–Crippen MR) is 72.9 cm³/mol. The van der Waals surface area contributed by atoms with Crippen LogP contribution in [0.2, 0.25) is 0 Å². The second-order valence-electron chi connectivity index (χ2n) is 4.79. The van der Waals surface area contributed by atoms with E-state index in [-0.39, 0.29) is 0 Å². The summed E-state index contributed by atoms with van der Waals surface area (Å²) in [7, 11) is 0. The average molecular weight is 250 g/mol. The molecular weight excluding hydrogens is 232 g/mol. The van der Waals surface area contributed by atoms with Crippen LogP contribution in [0.5, 0.6) is 0 Å². The number of hydrogen-bond acceptors (Lipinski definition) is 4. The first-order chi connectivity index (χ1) is 8.08. The minimum Gasteiger partial charge on any atom is -0.388 e. The summed E-state index contributed by atoms with van der Waals surface area (Å²) in [5.41, 5.74) is 6.18. The third kappa shape index (κ3) is 2.72. The number of nitrogens with zero attached hydrogens (tertiary/aromatic N) is 2. The van der Waals surface area contributed by atoms with Crippen molar-refractivity contribution in [1.29, 1.82) is 0 Å². The molecule has 0 saturated heterocycles. The summed E-state index contributed by atoms with van der Waals surface area (Å²) in [4.78, 5) is 8.82. The number of thiocarbonyl (C=S) groups is 1. The van der Waals surface area contributed by atoms with Crippen LogP contribution in [0.25, 0.3) is 0 Å². The first-order valence-electron chi connectivity index (χ1n) is 5.97. The molecule has 0 amide bonds. The molecule has 0 aliphatic heterocycles. The van der Waals surface area contributed by atoms with Crippen LogP contribution in [0, 0.1) is 11.8 Å². The maximum absolute atomic E-state index is 5.55. The van der Waals surface area contributed by atoms with Gasteiger partial charge in [0.25, 0.3) is 0 Å². The van der Waals surface area contributed by atoms with Gasteiger partial charge in [-0.2, -0.15) is 0 Å². The normalized spacial score (nSPS) is 28.0. The molecule has 0 spiro atoms. The average Bonchev–Trinajstić information content (AvgIpc) is 2.61. The van der Waals surface area contributed by atoms with Gasteiger partial charge in [0.05, 0.1) is 0 Å². The largest absolute Gasteiger partial charge is 0.388 e. The van der Waals surface area contributed by atoms with Gasteiger partial charge in [0.15, 0.2) is 0 Å². The standard InChI is InChI=1S/C12H18N4S/c1-7-3-4-9(8(7)2)15-12-14-6-5-10(16-12)11(13)17/h5-9H,3-4H2,1-2H3,(H2,13,17)(H,14,15,16). The fourth-order valence-corrected chi connectivity index (χ4v) is 2.41. The Bertz CT molecular complexity index is 421. The molecule has 3 N–H and O–H groups in total. The Morgan fingerprint density at radius 1 is 1.47 bits per heavy atom. The van der Waals surface area contributed by atoms with E-state index in [4.69, 9.17) is 18.0 Å². The van der Waals surface area contributed by atoms with E-state index in [0.29, 0.717) is 28.6 Å². The molecule has 17 heavy (non-hydrogen) atoms. The second kappa shape index (κ2) is 4.96. The lowest BCUT2D eigenvalue weighted by molar-refractivity contribution is 0.434. The molecule has 4 nitrogen and oxygen atoms in total. The Kier molecular flexibility index (Phi) is 3.57. The minimum absolute atomic E-state index is 0.309. The van der Waals surface area contributed by atoms with Gasteiger partial charge in [-0.3, -0.25) is 0 Å². The number of anilines is 1. The van der Waals surface area contributed by atoms with Crippen molar-refractivity contribution >= 4 is 23.2 Å². The summed E-state index contributed by atoms with van der Waals surface area (Å²) in [5, 5.41) is 3.38. The van der Waals surface area contributed by atoms with E-state index < -0.39 is 0 Å². The molecule has 92 valence electrons. The summed E-state index contributed by atoms with van der Waals surface area (Å²) in [6, 6.07) is 2.18. The summed E-state index contributed by atoms with van der Waals surface area (Å²) in [6.45, 7) is 4.56. The zero-order chi connectivity index (χ0) is 12.4. The molecule has 1 heterocycles. The Morgan fingerprint density at radius 3 is 2.82 bits per heavy atom. The number of nitrogens with two attached hydrogens (primary N) is 1. The number of nitrogens with one attached hydrogen (secondary N) is 1. The lowest BCUT2D eigenvalue weighted by Gasteiger charge is -2.19. The highest BCUT2D eigenvalue weighted by Gasteiger charge is 2.29. The molecule has 1 aromatic heterocycles. The first kappa shape index (κ1) is 12.2. The molecule has 1 fully saturated rings. The van der Waals surface area contributed by atoms with Crippen LogP contribution in [-0.2, 0) is 0 Å². The van der Waals surface area contributed by atoms with Gasteiger partial charge in [0.2, 0.25) is 5.95 Å². The van der Waals surface area contributed by atoms with Crippen molar-refractivity contribution in [2.24, 2.45) is 17.6 Å². The maximum Gasteiger partial charge on any atom is 0.223 e. The van der Waals surface area contributed by atoms with E-state index in [1.807, 2.05) is 0 Å². The number of rotatable bonds is 3. The highest BCUT2D eigenvalue weighted by Crippen LogP contribution is 2.32. The summed E-state index contributed by atoms with van der Waals surface area (Å²) < 4.78 is 0. The fourth-order valence-electron chi connectivity index (χ4n) is 2.30. The van der Waals surface area contributed by atoms with Crippen molar-refractivity contribution in [3.05, 3.63) is 18.0 Å². The molecule has 1 aliphatic carbocycles. The van der Waals surface area contributed by atoms with Crippen LogP contribution >= 0.6 is 12.2 Å². The Labute approximate surface area is 107 Å². The topological polar surface area (TPSA) is 63.8 Å². The van der Waals surface area contributed by atoms with Crippen molar-refractivity contribution in [2.45, 2.75) is 32.7 Å². The van der Waals surface area contributed by atoms with E-state index in [2.05, 4.69) is 29.1 Å². The molecule has 3 unspecified atom stereocenters. The van der Waals surface area contributed by atoms with Crippen LogP contribution in [0.15, 0.2) is 12.3 Å². The number of hydrogen-bond donors (Lipinski definition) is 2. The van der Waals surface area contributed by atoms with Crippen molar-refractivity contribution in [1.82, 2.24) is 9.97 Å². The summed E-state index contributed by atoms with van der Waals surface area (Å²) >= 11 is 4.91. The quantitative estimate of drug-likeness (QED) is 0.803. The predicted octanol–water partition coefficient (Wildman–Crippen LogP) is 1.96. The van der Waals surface area contributed by atoms with Gasteiger partial charge in [-0.15, -0.1) is 0 Å². The number of aromatic nitrogens is 2. The highest BCUT2D eigenvalue weighted by atomic mass is 32.1. The molecule has 1 aromatic rings. The van der Waals surface area contributed by atoms with E-state index in [1.165, 1.54) is 12.8 Å². The molecule has 3 atom stereocenters. The SMILES string of the molecule is CC1CCC(Nc2nccc(C(N)=S)n2)C1C. The van der Waals surface area contributed by atoms with Crippen LogP contribution in [-0.4, -0.2) is 21.0 Å². The maximum atomic E-state index is 5.55. The summed E-state index contributed by atoms with van der Waals surface area (Å²) in [6.07, 6.45) is 4.11. The fraction of sp³-hybridized carbons (Fsp3) is 0.583. The third-order valence-electron chi connectivity index (χ3n) is 3.69. The Balaban J connectivity index is 2.08. The highest BCUT2D eigenvalue weighted by molar-refractivity contribution is 7.80. The van der Waals surface area contributed by atoms with E-state index in [9.17, 15) is 0 Å². The van der Waals surface area contributed by atoms with Crippen LogP contribution in [0.4, 0.5) is 5.95 Å². The van der Waals surface area contributed by atoms with E-state index in [0.717, 1.165) is 5.92 Å². The Morgan fingerprint density at radius 2 is 2.24 bits per heavy atom. The molecule has 0 radical (unpaired) electrons. The summed E-state index contributed by atoms with van der Waals surface area (Å²) in [5.74, 6) is 2.03. The molecule has 2 rings (SSSR count). The molecule has 1 saturated carbocycles. The van der Waals surface area contributed by atoms with Crippen molar-refractivity contribution in [2.75, 3.05) is 5.32 Å². The van der Waals surface area contributed by atoms with Crippen LogP contribution < -0.4 is 11.1 Å². The first-order valence-corrected chi connectivity index (χ1v) is 6.38. The van der Waals surface area contributed by atoms with Gasteiger partial charge in [-0.05, 0) is 30.7 Å². The molecule has 5 heteroatoms.